The number of hydrogen-bond acceptors (Lipinski definition) is 4. The molecule has 0 spiro atoms. The maximum absolute atomic E-state index is 4.33. The van der Waals surface area contributed by atoms with E-state index in [1.807, 2.05) is 13.0 Å². The van der Waals surface area contributed by atoms with Crippen LogP contribution in [0.2, 0.25) is 0 Å². The topological polar surface area (TPSA) is 50.7 Å². The van der Waals surface area contributed by atoms with E-state index in [0.29, 0.717) is 11.7 Å². The Morgan fingerprint density at radius 1 is 1.20 bits per heavy atom. The normalized spacial score (nSPS) is 10.9. The summed E-state index contributed by atoms with van der Waals surface area (Å²) >= 11 is 0. The molecule has 0 aliphatic heterocycles. The maximum Gasteiger partial charge on any atom is 0.180 e. The first-order valence-corrected chi connectivity index (χ1v) is 5.01. The van der Waals surface area contributed by atoms with Gasteiger partial charge >= 0.3 is 0 Å². The SMILES string of the molecule is Cc1cc(NC(C)C)c2nccnc2n1. The van der Waals surface area contributed by atoms with Crippen molar-refractivity contribution in [2.75, 3.05) is 5.32 Å². The second-order valence-electron chi connectivity index (χ2n) is 3.84. The van der Waals surface area contributed by atoms with Crippen LogP contribution in [0.4, 0.5) is 5.69 Å². The summed E-state index contributed by atoms with van der Waals surface area (Å²) in [4.78, 5) is 12.8. The summed E-state index contributed by atoms with van der Waals surface area (Å²) in [6.45, 7) is 6.15. The van der Waals surface area contributed by atoms with Crippen molar-refractivity contribution in [1.82, 2.24) is 15.0 Å². The van der Waals surface area contributed by atoms with Gasteiger partial charge in [-0.1, -0.05) is 0 Å². The molecule has 2 aromatic rings. The third-order valence-electron chi connectivity index (χ3n) is 2.01. The monoisotopic (exact) mass is 202 g/mol. The Hall–Kier alpha value is -1.71. The number of hydrogen-bond donors (Lipinski definition) is 1. The van der Waals surface area contributed by atoms with Crippen LogP contribution in [0.5, 0.6) is 0 Å². The molecule has 0 aromatic carbocycles. The minimum absolute atomic E-state index is 0.372. The van der Waals surface area contributed by atoms with Gasteiger partial charge in [-0.25, -0.2) is 15.0 Å². The number of anilines is 1. The minimum Gasteiger partial charge on any atom is -0.381 e. The fraction of sp³-hybridized carbons (Fsp3) is 0.364. The third-order valence-corrected chi connectivity index (χ3v) is 2.01. The van der Waals surface area contributed by atoms with E-state index in [1.54, 1.807) is 12.4 Å². The van der Waals surface area contributed by atoms with Crippen molar-refractivity contribution in [3.63, 3.8) is 0 Å². The number of aryl methyl sites for hydroxylation is 1. The van der Waals surface area contributed by atoms with Gasteiger partial charge in [0.15, 0.2) is 5.65 Å². The molecule has 0 saturated heterocycles. The van der Waals surface area contributed by atoms with E-state index in [1.165, 1.54) is 0 Å². The highest BCUT2D eigenvalue weighted by Gasteiger charge is 2.06. The van der Waals surface area contributed by atoms with Crippen LogP contribution in [0.15, 0.2) is 18.5 Å². The summed E-state index contributed by atoms with van der Waals surface area (Å²) in [5.41, 5.74) is 3.48. The van der Waals surface area contributed by atoms with Gasteiger partial charge < -0.3 is 5.32 Å². The van der Waals surface area contributed by atoms with Crippen LogP contribution < -0.4 is 5.32 Å². The summed E-state index contributed by atoms with van der Waals surface area (Å²) < 4.78 is 0. The summed E-state index contributed by atoms with van der Waals surface area (Å²) in [6.07, 6.45) is 3.35. The van der Waals surface area contributed by atoms with Crippen molar-refractivity contribution in [2.45, 2.75) is 26.8 Å². The Kier molecular flexibility index (Phi) is 2.49. The molecule has 0 atom stereocenters. The van der Waals surface area contributed by atoms with Crippen molar-refractivity contribution < 1.29 is 0 Å². The van der Waals surface area contributed by atoms with E-state index >= 15 is 0 Å². The number of aromatic nitrogens is 3. The van der Waals surface area contributed by atoms with Gasteiger partial charge in [-0.2, -0.15) is 0 Å². The number of fused-ring (bicyclic) bond motifs is 1. The molecule has 2 rings (SSSR count). The molecule has 4 nitrogen and oxygen atoms in total. The predicted octanol–water partition coefficient (Wildman–Crippen LogP) is 2.15. The minimum atomic E-state index is 0.372. The van der Waals surface area contributed by atoms with Crippen LogP contribution in [-0.2, 0) is 0 Å². The first-order chi connectivity index (χ1) is 7.16. The molecule has 0 aliphatic rings. The van der Waals surface area contributed by atoms with Crippen molar-refractivity contribution >= 4 is 16.9 Å². The number of nitrogens with zero attached hydrogens (tertiary/aromatic N) is 3. The third kappa shape index (κ3) is 2.03. The zero-order valence-electron chi connectivity index (χ0n) is 9.15. The molecule has 0 bridgehead atoms. The van der Waals surface area contributed by atoms with Crippen LogP contribution in [0.1, 0.15) is 19.5 Å². The maximum atomic E-state index is 4.33. The fourth-order valence-corrected chi connectivity index (χ4v) is 1.50. The number of rotatable bonds is 2. The lowest BCUT2D eigenvalue weighted by Gasteiger charge is -2.11. The summed E-state index contributed by atoms with van der Waals surface area (Å²) in [5, 5.41) is 3.35. The van der Waals surface area contributed by atoms with E-state index in [0.717, 1.165) is 16.9 Å². The van der Waals surface area contributed by atoms with E-state index in [9.17, 15) is 0 Å². The van der Waals surface area contributed by atoms with E-state index in [-0.39, 0.29) is 0 Å². The molecule has 15 heavy (non-hydrogen) atoms. The Morgan fingerprint density at radius 3 is 2.67 bits per heavy atom. The molecular formula is C11H14N4. The van der Waals surface area contributed by atoms with E-state index in [4.69, 9.17) is 0 Å². The van der Waals surface area contributed by atoms with Gasteiger partial charge in [0.2, 0.25) is 0 Å². The van der Waals surface area contributed by atoms with Gasteiger partial charge in [0, 0.05) is 24.1 Å². The second-order valence-corrected chi connectivity index (χ2v) is 3.84. The summed E-state index contributed by atoms with van der Waals surface area (Å²) in [6, 6.07) is 2.37. The molecule has 0 unspecified atom stereocenters. The molecule has 0 radical (unpaired) electrons. The van der Waals surface area contributed by atoms with Gasteiger partial charge in [-0.05, 0) is 26.8 Å². The Labute approximate surface area is 88.8 Å². The molecular weight excluding hydrogens is 188 g/mol. The largest absolute Gasteiger partial charge is 0.381 e. The molecule has 0 fully saturated rings. The molecule has 2 aromatic heterocycles. The molecule has 1 N–H and O–H groups in total. The van der Waals surface area contributed by atoms with E-state index in [2.05, 4.69) is 34.1 Å². The van der Waals surface area contributed by atoms with Gasteiger partial charge in [0.25, 0.3) is 0 Å². The second kappa shape index (κ2) is 3.81. The first-order valence-electron chi connectivity index (χ1n) is 5.01. The van der Waals surface area contributed by atoms with Gasteiger partial charge in [0.1, 0.15) is 5.52 Å². The average Bonchev–Trinajstić information content (AvgIpc) is 2.16. The Morgan fingerprint density at radius 2 is 1.93 bits per heavy atom. The predicted molar refractivity (Wildman–Crippen MR) is 60.8 cm³/mol. The lowest BCUT2D eigenvalue weighted by molar-refractivity contribution is 0.899. The molecule has 4 heteroatoms. The highest BCUT2D eigenvalue weighted by Crippen LogP contribution is 2.19. The van der Waals surface area contributed by atoms with Crippen molar-refractivity contribution in [1.29, 1.82) is 0 Å². The highest BCUT2D eigenvalue weighted by atomic mass is 15.0. The highest BCUT2D eigenvalue weighted by molar-refractivity contribution is 5.84. The standard InChI is InChI=1S/C11H14N4/c1-7(2)14-9-6-8(3)15-11-10(9)12-4-5-13-11/h4-7H,1-3H3,(H,13,14,15). The van der Waals surface area contributed by atoms with Crippen LogP contribution >= 0.6 is 0 Å². The van der Waals surface area contributed by atoms with Crippen molar-refractivity contribution in [3.8, 4) is 0 Å². The number of nitrogens with one attached hydrogen (secondary N) is 1. The quantitative estimate of drug-likeness (QED) is 0.810. The summed E-state index contributed by atoms with van der Waals surface area (Å²) in [7, 11) is 0. The zero-order chi connectivity index (χ0) is 10.8. The van der Waals surface area contributed by atoms with Crippen LogP contribution in [0.25, 0.3) is 11.2 Å². The average molecular weight is 202 g/mol. The number of pyridine rings is 1. The molecule has 2 heterocycles. The summed E-state index contributed by atoms with van der Waals surface area (Å²) in [5.74, 6) is 0. The smallest absolute Gasteiger partial charge is 0.180 e. The Balaban J connectivity index is 2.60. The first kappa shape index (κ1) is 9.83. The van der Waals surface area contributed by atoms with Gasteiger partial charge in [-0.15, -0.1) is 0 Å². The molecule has 0 amide bonds. The fourth-order valence-electron chi connectivity index (χ4n) is 1.50. The lowest BCUT2D eigenvalue weighted by Crippen LogP contribution is -2.11. The Bertz CT molecular complexity index is 479. The van der Waals surface area contributed by atoms with Crippen LogP contribution in [-0.4, -0.2) is 21.0 Å². The molecule has 0 saturated carbocycles. The molecule has 78 valence electrons. The van der Waals surface area contributed by atoms with Crippen LogP contribution in [0, 0.1) is 6.92 Å². The van der Waals surface area contributed by atoms with Gasteiger partial charge in [-0.3, -0.25) is 0 Å². The van der Waals surface area contributed by atoms with Crippen LogP contribution in [0.3, 0.4) is 0 Å². The lowest BCUT2D eigenvalue weighted by atomic mass is 10.2. The molecule has 0 aliphatic carbocycles. The van der Waals surface area contributed by atoms with Crippen molar-refractivity contribution in [2.24, 2.45) is 0 Å². The zero-order valence-corrected chi connectivity index (χ0v) is 9.15. The van der Waals surface area contributed by atoms with Crippen molar-refractivity contribution in [3.05, 3.63) is 24.2 Å². The van der Waals surface area contributed by atoms with Gasteiger partial charge in [0.05, 0.1) is 5.69 Å². The van der Waals surface area contributed by atoms with E-state index < -0.39 is 0 Å².